The number of ether oxygens (including phenoxy) is 1. The van der Waals surface area contributed by atoms with E-state index in [1.165, 1.54) is 35.2 Å². The van der Waals surface area contributed by atoms with Crippen LogP contribution >= 0.6 is 0 Å². The quantitative estimate of drug-likeness (QED) is 0.733. The molecule has 2 heterocycles. The number of fused-ring (bicyclic) bond motifs is 3. The number of benzene rings is 2. The first-order chi connectivity index (χ1) is 13.4. The number of sulfone groups is 1. The van der Waals surface area contributed by atoms with Gasteiger partial charge in [-0.3, -0.25) is 4.79 Å². The number of carbonyl (C=O) groups is 1. The van der Waals surface area contributed by atoms with Crippen LogP contribution < -0.4 is 0 Å². The van der Waals surface area contributed by atoms with Gasteiger partial charge in [-0.25, -0.2) is 8.42 Å². The van der Waals surface area contributed by atoms with Gasteiger partial charge < -0.3 is 9.64 Å². The van der Waals surface area contributed by atoms with E-state index in [0.29, 0.717) is 5.56 Å². The van der Waals surface area contributed by atoms with Crippen molar-refractivity contribution < 1.29 is 31.1 Å². The Kier molecular flexibility index (Phi) is 4.33. The number of nitrogens with zero attached hydrogens (tertiary/aromatic N) is 1. The lowest BCUT2D eigenvalue weighted by molar-refractivity contribution is -0.147. The molecule has 0 N–H and O–H groups in total. The van der Waals surface area contributed by atoms with Gasteiger partial charge >= 0.3 is 6.18 Å². The van der Waals surface area contributed by atoms with Gasteiger partial charge in [0.05, 0.1) is 23.1 Å². The van der Waals surface area contributed by atoms with E-state index in [4.69, 9.17) is 4.74 Å². The third-order valence-corrected chi connectivity index (χ3v) is 7.39. The second-order valence-electron chi connectivity index (χ2n) is 7.56. The fourth-order valence-corrected chi connectivity index (χ4v) is 5.76. The first-order valence-corrected chi connectivity index (χ1v) is 10.5. The molecule has 9 heteroatoms. The van der Waals surface area contributed by atoms with Gasteiger partial charge in [-0.15, -0.1) is 0 Å². The molecule has 1 fully saturated rings. The molecule has 29 heavy (non-hydrogen) atoms. The largest absolute Gasteiger partial charge is 0.416 e. The van der Waals surface area contributed by atoms with E-state index < -0.39 is 44.5 Å². The van der Waals surface area contributed by atoms with E-state index in [0.717, 1.165) is 12.1 Å². The monoisotopic (exact) mass is 425 g/mol. The molecule has 2 aliphatic rings. The Labute approximate surface area is 166 Å². The lowest BCUT2D eigenvalue weighted by atomic mass is 9.90. The summed E-state index contributed by atoms with van der Waals surface area (Å²) in [5.41, 5.74) is -1.86. The summed E-state index contributed by atoms with van der Waals surface area (Å²) in [6.07, 6.45) is -4.66. The van der Waals surface area contributed by atoms with Crippen molar-refractivity contribution in [2.75, 3.05) is 6.61 Å². The Morgan fingerprint density at radius 1 is 1.07 bits per heavy atom. The van der Waals surface area contributed by atoms with E-state index in [1.54, 1.807) is 19.9 Å². The number of halogens is 3. The minimum absolute atomic E-state index is 0.0786. The molecule has 1 saturated heterocycles. The van der Waals surface area contributed by atoms with Gasteiger partial charge in [-0.1, -0.05) is 24.3 Å². The molecule has 0 unspecified atom stereocenters. The molecule has 1 amide bonds. The molecule has 0 radical (unpaired) electrons. The first-order valence-electron chi connectivity index (χ1n) is 8.92. The maximum Gasteiger partial charge on any atom is 0.416 e. The summed E-state index contributed by atoms with van der Waals surface area (Å²) in [4.78, 5) is 14.6. The van der Waals surface area contributed by atoms with Gasteiger partial charge in [0.15, 0.2) is 15.1 Å². The highest BCUT2D eigenvalue weighted by molar-refractivity contribution is 7.92. The Hall–Kier alpha value is -2.39. The molecule has 0 saturated carbocycles. The zero-order valence-corrected chi connectivity index (χ0v) is 16.4. The van der Waals surface area contributed by atoms with Crippen LogP contribution in [0, 0.1) is 0 Å². The average Bonchev–Trinajstić information content (AvgIpc) is 2.97. The van der Waals surface area contributed by atoms with Crippen molar-refractivity contribution in [3.63, 3.8) is 0 Å². The van der Waals surface area contributed by atoms with Crippen LogP contribution in [0.4, 0.5) is 13.2 Å². The Balaban J connectivity index is 1.98. The molecule has 2 aliphatic heterocycles. The highest BCUT2D eigenvalue weighted by Gasteiger charge is 2.54. The molecule has 0 bridgehead atoms. The SMILES string of the molecule is CC1(C)OC[C@@H]2c3ccc(C(F)(F)F)cc3[C@@H](S(=O)(=O)c3ccccc3)C(=O)N21. The molecular formula is C20H18F3NO4S. The number of rotatable bonds is 2. The molecule has 0 spiro atoms. The number of amides is 1. The van der Waals surface area contributed by atoms with Crippen molar-refractivity contribution in [1.29, 1.82) is 0 Å². The average molecular weight is 425 g/mol. The minimum atomic E-state index is -4.66. The van der Waals surface area contributed by atoms with Crippen molar-refractivity contribution in [1.82, 2.24) is 4.90 Å². The predicted molar refractivity (Wildman–Crippen MR) is 97.4 cm³/mol. The zero-order valence-electron chi connectivity index (χ0n) is 15.6. The van der Waals surface area contributed by atoms with Crippen molar-refractivity contribution in [3.05, 3.63) is 65.2 Å². The molecule has 0 aliphatic carbocycles. The fourth-order valence-electron chi connectivity index (χ4n) is 4.04. The molecule has 154 valence electrons. The van der Waals surface area contributed by atoms with Gasteiger partial charge in [0.1, 0.15) is 5.72 Å². The van der Waals surface area contributed by atoms with Crippen LogP contribution in [0.15, 0.2) is 53.4 Å². The summed E-state index contributed by atoms with van der Waals surface area (Å²) >= 11 is 0. The number of alkyl halides is 3. The highest BCUT2D eigenvalue weighted by atomic mass is 32.2. The molecule has 2 atom stereocenters. The Bertz CT molecular complexity index is 1080. The van der Waals surface area contributed by atoms with Crippen LogP contribution in [-0.2, 0) is 25.5 Å². The van der Waals surface area contributed by atoms with Gasteiger partial charge in [-0.05, 0) is 49.2 Å². The molecule has 0 aromatic heterocycles. The van der Waals surface area contributed by atoms with Crippen molar-refractivity contribution in [2.24, 2.45) is 0 Å². The summed E-state index contributed by atoms with van der Waals surface area (Å²) in [7, 11) is -4.29. The van der Waals surface area contributed by atoms with E-state index in [9.17, 15) is 26.4 Å². The third-order valence-electron chi connectivity index (χ3n) is 5.39. The maximum absolute atomic E-state index is 13.4. The maximum atomic E-state index is 13.4. The van der Waals surface area contributed by atoms with Crippen LogP contribution in [0.5, 0.6) is 0 Å². The predicted octanol–water partition coefficient (Wildman–Crippen LogP) is 3.87. The van der Waals surface area contributed by atoms with Gasteiger partial charge in [0.25, 0.3) is 0 Å². The van der Waals surface area contributed by atoms with E-state index in [-0.39, 0.29) is 17.1 Å². The van der Waals surface area contributed by atoms with Gasteiger partial charge in [-0.2, -0.15) is 13.2 Å². The zero-order chi connectivity index (χ0) is 21.2. The highest BCUT2D eigenvalue weighted by Crippen LogP contribution is 2.49. The smallest absolute Gasteiger partial charge is 0.354 e. The van der Waals surface area contributed by atoms with Gasteiger partial charge in [0, 0.05) is 0 Å². The Morgan fingerprint density at radius 2 is 1.72 bits per heavy atom. The molecule has 5 nitrogen and oxygen atoms in total. The summed E-state index contributed by atoms with van der Waals surface area (Å²) in [5, 5.41) is -1.78. The molecule has 4 rings (SSSR count). The first kappa shape index (κ1) is 19.9. The Morgan fingerprint density at radius 3 is 2.34 bits per heavy atom. The molecule has 2 aromatic carbocycles. The molecular weight excluding hydrogens is 407 g/mol. The van der Waals surface area contributed by atoms with Crippen molar-refractivity contribution in [3.8, 4) is 0 Å². The number of hydrogen-bond acceptors (Lipinski definition) is 4. The van der Waals surface area contributed by atoms with E-state index in [2.05, 4.69) is 0 Å². The van der Waals surface area contributed by atoms with Crippen molar-refractivity contribution >= 4 is 15.7 Å². The lowest BCUT2D eigenvalue weighted by Gasteiger charge is -2.41. The van der Waals surface area contributed by atoms with Crippen LogP contribution in [-0.4, -0.2) is 31.6 Å². The number of carbonyl (C=O) groups excluding carboxylic acids is 1. The lowest BCUT2D eigenvalue weighted by Crippen LogP contribution is -2.51. The topological polar surface area (TPSA) is 63.7 Å². The second-order valence-corrected chi connectivity index (χ2v) is 9.59. The summed E-state index contributed by atoms with van der Waals surface area (Å²) in [6, 6.07) is 9.56. The van der Waals surface area contributed by atoms with E-state index in [1.807, 2.05) is 0 Å². The summed E-state index contributed by atoms with van der Waals surface area (Å²) < 4.78 is 72.3. The summed E-state index contributed by atoms with van der Waals surface area (Å²) in [6.45, 7) is 3.34. The van der Waals surface area contributed by atoms with Crippen LogP contribution in [0.3, 0.4) is 0 Å². The van der Waals surface area contributed by atoms with Crippen LogP contribution in [0.1, 0.15) is 41.8 Å². The molecule has 2 aromatic rings. The third kappa shape index (κ3) is 3.03. The minimum Gasteiger partial charge on any atom is -0.354 e. The summed E-state index contributed by atoms with van der Waals surface area (Å²) in [5.74, 6) is -0.784. The van der Waals surface area contributed by atoms with Crippen LogP contribution in [0.25, 0.3) is 0 Å². The standard InChI is InChI=1S/C20H18F3NO4S/c1-19(2)24-16(11-28-19)14-9-8-12(20(21,22)23)10-15(14)17(18(24)25)29(26,27)13-6-4-3-5-7-13/h3-10,16-17H,11H2,1-2H3/t16-,17-/m1/s1. The number of hydrogen-bond donors (Lipinski definition) is 0. The van der Waals surface area contributed by atoms with E-state index >= 15 is 0 Å². The fraction of sp³-hybridized carbons (Fsp3) is 0.350. The normalized spacial score (nSPS) is 23.6. The second kappa shape index (κ2) is 6.30. The van der Waals surface area contributed by atoms with Crippen LogP contribution in [0.2, 0.25) is 0 Å². The van der Waals surface area contributed by atoms with Crippen molar-refractivity contribution in [2.45, 2.75) is 41.9 Å². The van der Waals surface area contributed by atoms with Gasteiger partial charge in [0.2, 0.25) is 5.91 Å².